The number of aromatic hydroxyl groups is 2. The number of phenolic OH excluding ortho intramolecular Hbond substituents is 2. The molecular weight excluding hydrogens is 645 g/mol. The summed E-state index contributed by atoms with van der Waals surface area (Å²) in [6.07, 6.45) is 0. The van der Waals surface area contributed by atoms with Gasteiger partial charge in [-0.05, 0) is 84.2 Å². The van der Waals surface area contributed by atoms with Gasteiger partial charge in [-0.25, -0.2) is 0 Å². The first-order valence-corrected chi connectivity index (χ1v) is 16.3. The Morgan fingerprint density at radius 1 is 0.423 bits per heavy atom. The van der Waals surface area contributed by atoms with E-state index in [1.807, 2.05) is 109 Å². The summed E-state index contributed by atoms with van der Waals surface area (Å²) in [7, 11) is 0. The molecule has 0 aliphatic carbocycles. The van der Waals surface area contributed by atoms with Gasteiger partial charge in [0.2, 0.25) is 0 Å². The number of ether oxygens (including phenoxy) is 2. The van der Waals surface area contributed by atoms with E-state index in [1.165, 1.54) is 12.1 Å². The van der Waals surface area contributed by atoms with Crippen LogP contribution in [0.15, 0.2) is 146 Å². The van der Waals surface area contributed by atoms with Gasteiger partial charge >= 0.3 is 0 Å². The second-order valence-corrected chi connectivity index (χ2v) is 11.7. The quantitative estimate of drug-likeness (QED) is 0.0842. The predicted molar refractivity (Wildman–Crippen MR) is 206 cm³/mol. The van der Waals surface area contributed by atoms with Crippen LogP contribution in [0.1, 0.15) is 33.4 Å². The molecule has 0 aliphatic heterocycles. The second kappa shape index (κ2) is 14.8. The van der Waals surface area contributed by atoms with E-state index in [0.29, 0.717) is 39.7 Å². The Morgan fingerprint density at radius 2 is 0.885 bits per heavy atom. The number of phenols is 2. The lowest BCUT2D eigenvalue weighted by molar-refractivity contribution is 0.466. The standard InChI is InChI=1S/C46H30N2O4/c47-41-28-36(20-24-43(41)49)51-45-30-40-35(26-34(45)19-16-31-10-4-1-5-11-31)27-46(52-37-21-25-44(50)42(48)29-37)39(23-18-33-14-8-3-9-15-33)38(40)22-17-32-12-6-2-7-13-32/h1-15,20-21,24-30,49-50H,47-48H2. The first kappa shape index (κ1) is 32.8. The molecular formula is C46H30N2O4. The lowest BCUT2D eigenvalue weighted by atomic mass is 9.95. The lowest BCUT2D eigenvalue weighted by Gasteiger charge is -2.16. The molecule has 52 heavy (non-hydrogen) atoms. The molecule has 0 atom stereocenters. The highest BCUT2D eigenvalue weighted by molar-refractivity contribution is 5.95. The average Bonchev–Trinajstić information content (AvgIpc) is 3.17. The number of rotatable bonds is 4. The van der Waals surface area contributed by atoms with Crippen molar-refractivity contribution in [1.82, 2.24) is 0 Å². The van der Waals surface area contributed by atoms with Crippen LogP contribution in [0.4, 0.5) is 11.4 Å². The maximum Gasteiger partial charge on any atom is 0.144 e. The summed E-state index contributed by atoms with van der Waals surface area (Å²) in [4.78, 5) is 0. The average molecular weight is 675 g/mol. The molecule has 6 N–H and O–H groups in total. The van der Waals surface area contributed by atoms with Crippen molar-refractivity contribution < 1.29 is 19.7 Å². The van der Waals surface area contributed by atoms with Gasteiger partial charge in [-0.15, -0.1) is 0 Å². The Balaban J connectivity index is 1.51. The van der Waals surface area contributed by atoms with Crippen LogP contribution in [-0.4, -0.2) is 10.2 Å². The topological polar surface area (TPSA) is 111 Å². The number of nitrogens with two attached hydrogens (primary N) is 2. The van der Waals surface area contributed by atoms with Crippen LogP contribution in [0.25, 0.3) is 10.8 Å². The first-order valence-electron chi connectivity index (χ1n) is 16.3. The molecule has 0 saturated carbocycles. The third-order valence-corrected chi connectivity index (χ3v) is 7.98. The van der Waals surface area contributed by atoms with Crippen LogP contribution in [0, 0.1) is 35.5 Å². The molecule has 0 radical (unpaired) electrons. The molecule has 0 heterocycles. The largest absolute Gasteiger partial charge is 0.506 e. The van der Waals surface area contributed by atoms with Crippen molar-refractivity contribution in [3.63, 3.8) is 0 Å². The highest BCUT2D eigenvalue weighted by atomic mass is 16.5. The van der Waals surface area contributed by atoms with Crippen molar-refractivity contribution in [3.05, 3.63) is 179 Å². The number of hydrogen-bond donors (Lipinski definition) is 4. The van der Waals surface area contributed by atoms with E-state index < -0.39 is 0 Å². The molecule has 7 rings (SSSR count). The molecule has 0 saturated heterocycles. The van der Waals surface area contributed by atoms with Gasteiger partial charge in [-0.2, -0.15) is 0 Å². The van der Waals surface area contributed by atoms with Crippen LogP contribution in [0.2, 0.25) is 0 Å². The summed E-state index contributed by atoms with van der Waals surface area (Å²) in [5, 5.41) is 21.7. The van der Waals surface area contributed by atoms with E-state index in [0.717, 1.165) is 27.5 Å². The van der Waals surface area contributed by atoms with Crippen molar-refractivity contribution in [2.24, 2.45) is 0 Å². The molecule has 0 fully saturated rings. The van der Waals surface area contributed by atoms with Crippen molar-refractivity contribution in [2.45, 2.75) is 0 Å². The van der Waals surface area contributed by atoms with E-state index in [4.69, 9.17) is 20.9 Å². The molecule has 0 unspecified atom stereocenters. The van der Waals surface area contributed by atoms with E-state index >= 15 is 0 Å². The van der Waals surface area contributed by atoms with Gasteiger partial charge in [0, 0.05) is 34.2 Å². The van der Waals surface area contributed by atoms with Gasteiger partial charge in [-0.1, -0.05) is 90.1 Å². The zero-order valence-electron chi connectivity index (χ0n) is 27.7. The number of fused-ring (bicyclic) bond motifs is 1. The number of nitrogen functional groups attached to an aromatic ring is 2. The van der Waals surface area contributed by atoms with Gasteiger partial charge in [0.15, 0.2) is 0 Å². The zero-order chi connectivity index (χ0) is 35.9. The molecule has 0 aliphatic rings. The second-order valence-electron chi connectivity index (χ2n) is 11.7. The fourth-order valence-corrected chi connectivity index (χ4v) is 5.34. The number of hydrogen-bond acceptors (Lipinski definition) is 6. The Labute approximate surface area is 301 Å². The number of anilines is 2. The molecule has 6 heteroatoms. The maximum atomic E-state index is 10.1. The first-order chi connectivity index (χ1) is 25.4. The smallest absolute Gasteiger partial charge is 0.144 e. The SMILES string of the molecule is Nc1cc(Oc2cc3c(C#Cc4ccccc4)c(C#Cc4ccccc4)c(Oc4ccc(O)c(N)c4)cc3cc2C#Cc2ccccc2)ccc1O. The summed E-state index contributed by atoms with van der Waals surface area (Å²) < 4.78 is 12.9. The van der Waals surface area contributed by atoms with Gasteiger partial charge in [0.25, 0.3) is 0 Å². The van der Waals surface area contributed by atoms with E-state index in [-0.39, 0.29) is 22.9 Å². The Bertz CT molecular complexity index is 2620. The fraction of sp³-hybridized carbons (Fsp3) is 0. The van der Waals surface area contributed by atoms with Crippen molar-refractivity contribution in [3.8, 4) is 70.0 Å². The van der Waals surface area contributed by atoms with Crippen LogP contribution < -0.4 is 20.9 Å². The maximum absolute atomic E-state index is 10.1. The Morgan fingerprint density at radius 3 is 1.38 bits per heavy atom. The minimum absolute atomic E-state index is 0.0435. The van der Waals surface area contributed by atoms with Crippen molar-refractivity contribution in [2.75, 3.05) is 11.5 Å². The molecule has 0 aromatic heterocycles. The minimum atomic E-state index is -0.0473. The van der Waals surface area contributed by atoms with Gasteiger partial charge in [0.1, 0.15) is 34.5 Å². The fourth-order valence-electron chi connectivity index (χ4n) is 5.34. The van der Waals surface area contributed by atoms with Gasteiger partial charge in [-0.3, -0.25) is 0 Å². The summed E-state index contributed by atoms with van der Waals surface area (Å²) in [6.45, 7) is 0. The molecule has 7 aromatic rings. The van der Waals surface area contributed by atoms with Gasteiger partial charge < -0.3 is 31.2 Å². The Hall–Kier alpha value is -7.72. The van der Waals surface area contributed by atoms with Crippen molar-refractivity contribution >= 4 is 22.1 Å². The van der Waals surface area contributed by atoms with Crippen LogP contribution in [0.5, 0.6) is 34.5 Å². The zero-order valence-corrected chi connectivity index (χ0v) is 27.7. The minimum Gasteiger partial charge on any atom is -0.506 e. The van der Waals surface area contributed by atoms with Crippen LogP contribution in [0.3, 0.4) is 0 Å². The van der Waals surface area contributed by atoms with Crippen LogP contribution >= 0.6 is 0 Å². The molecule has 0 spiro atoms. The van der Waals surface area contributed by atoms with Crippen LogP contribution in [-0.2, 0) is 0 Å². The summed E-state index contributed by atoms with van der Waals surface area (Å²) in [6, 6.07) is 44.0. The lowest BCUT2D eigenvalue weighted by Crippen LogP contribution is -1.97. The Kier molecular flexibility index (Phi) is 9.34. The van der Waals surface area contributed by atoms with Crippen molar-refractivity contribution in [1.29, 1.82) is 0 Å². The van der Waals surface area contributed by atoms with E-state index in [2.05, 4.69) is 35.5 Å². The highest BCUT2D eigenvalue weighted by Crippen LogP contribution is 2.39. The molecule has 248 valence electrons. The van der Waals surface area contributed by atoms with E-state index in [1.54, 1.807) is 24.3 Å². The predicted octanol–water partition coefficient (Wildman–Crippen LogP) is 9.20. The molecule has 0 amide bonds. The normalized spacial score (nSPS) is 10.2. The summed E-state index contributed by atoms with van der Waals surface area (Å²) in [5.41, 5.74) is 16.6. The third kappa shape index (κ3) is 7.61. The highest BCUT2D eigenvalue weighted by Gasteiger charge is 2.18. The monoisotopic (exact) mass is 674 g/mol. The summed E-state index contributed by atoms with van der Waals surface area (Å²) >= 11 is 0. The van der Waals surface area contributed by atoms with E-state index in [9.17, 15) is 10.2 Å². The van der Waals surface area contributed by atoms with Gasteiger partial charge in [0.05, 0.1) is 28.1 Å². The third-order valence-electron chi connectivity index (χ3n) is 7.98. The summed E-state index contributed by atoms with van der Waals surface area (Å²) in [5.74, 6) is 21.5. The molecule has 7 aromatic carbocycles. The number of benzene rings is 7. The molecule has 6 nitrogen and oxygen atoms in total. The molecule has 0 bridgehead atoms.